The molecule has 0 N–H and O–H groups in total. The van der Waals surface area contributed by atoms with Gasteiger partial charge in [0.05, 0.1) is 7.11 Å². The van der Waals surface area contributed by atoms with Crippen LogP contribution >= 0.6 is 11.6 Å². The Balaban J connectivity index is 1.80. The number of methoxy groups -OCH3 is 1. The van der Waals surface area contributed by atoms with Gasteiger partial charge in [0.2, 0.25) is 0 Å². The zero-order valence-corrected chi connectivity index (χ0v) is 12.8. The third-order valence-electron chi connectivity index (χ3n) is 3.02. The van der Waals surface area contributed by atoms with Gasteiger partial charge in [0, 0.05) is 18.2 Å². The number of benzene rings is 1. The Morgan fingerprint density at radius 1 is 1.27 bits per heavy atom. The number of pyridine rings is 1. The minimum Gasteiger partial charge on any atom is -0.494 e. The maximum atomic E-state index is 13.5. The quantitative estimate of drug-likeness (QED) is 0.602. The van der Waals surface area contributed by atoms with Crippen molar-refractivity contribution >= 4 is 17.6 Å². The van der Waals surface area contributed by atoms with Crippen molar-refractivity contribution in [3.05, 3.63) is 58.6 Å². The van der Waals surface area contributed by atoms with Gasteiger partial charge in [-0.3, -0.25) is 4.79 Å². The molecule has 0 saturated heterocycles. The molecule has 0 bridgehead atoms. The number of carbonyl (C=O) groups is 1. The molecule has 0 radical (unpaired) electrons. The van der Waals surface area contributed by atoms with E-state index in [9.17, 15) is 9.18 Å². The minimum atomic E-state index is -0.444. The van der Waals surface area contributed by atoms with Gasteiger partial charge in [-0.1, -0.05) is 23.7 Å². The van der Waals surface area contributed by atoms with Crippen molar-refractivity contribution < 1.29 is 18.7 Å². The van der Waals surface area contributed by atoms with Crippen molar-refractivity contribution in [2.24, 2.45) is 0 Å². The summed E-state index contributed by atoms with van der Waals surface area (Å²) in [5, 5.41) is 0.386. The van der Waals surface area contributed by atoms with Gasteiger partial charge in [0.25, 0.3) is 0 Å². The second kappa shape index (κ2) is 7.75. The summed E-state index contributed by atoms with van der Waals surface area (Å²) in [6.45, 7) is 0.139. The van der Waals surface area contributed by atoms with Crippen LogP contribution < -0.4 is 4.74 Å². The molecule has 22 heavy (non-hydrogen) atoms. The summed E-state index contributed by atoms with van der Waals surface area (Å²) < 4.78 is 23.5. The molecule has 6 heteroatoms. The lowest BCUT2D eigenvalue weighted by molar-refractivity contribution is -0.144. The van der Waals surface area contributed by atoms with Crippen molar-refractivity contribution in [2.45, 2.75) is 19.4 Å². The van der Waals surface area contributed by atoms with Crippen LogP contribution in [0.2, 0.25) is 5.15 Å². The van der Waals surface area contributed by atoms with E-state index in [1.165, 1.54) is 19.2 Å². The molecule has 1 aromatic carbocycles. The molecule has 2 aromatic rings. The van der Waals surface area contributed by atoms with E-state index < -0.39 is 5.82 Å². The van der Waals surface area contributed by atoms with Crippen molar-refractivity contribution in [3.8, 4) is 5.75 Å². The SMILES string of the molecule is COc1ccc(CCC(=O)OCc2ccc(Cl)nc2)cc1F. The summed E-state index contributed by atoms with van der Waals surface area (Å²) >= 11 is 5.67. The average Bonchev–Trinajstić information content (AvgIpc) is 2.52. The fourth-order valence-electron chi connectivity index (χ4n) is 1.84. The highest BCUT2D eigenvalue weighted by atomic mass is 35.5. The second-order valence-electron chi connectivity index (χ2n) is 4.62. The van der Waals surface area contributed by atoms with E-state index >= 15 is 0 Å². The first-order valence-corrected chi connectivity index (χ1v) is 7.05. The summed E-state index contributed by atoms with van der Waals surface area (Å²) in [6.07, 6.45) is 2.12. The Morgan fingerprint density at radius 3 is 2.68 bits per heavy atom. The number of hydrogen-bond acceptors (Lipinski definition) is 4. The largest absolute Gasteiger partial charge is 0.494 e. The molecule has 0 aliphatic carbocycles. The van der Waals surface area contributed by atoms with E-state index in [1.54, 1.807) is 24.4 Å². The highest BCUT2D eigenvalue weighted by Crippen LogP contribution is 2.18. The Morgan fingerprint density at radius 2 is 2.05 bits per heavy atom. The normalized spacial score (nSPS) is 10.3. The summed E-state index contributed by atoms with van der Waals surface area (Å²) in [5.74, 6) is -0.617. The molecule has 1 aromatic heterocycles. The van der Waals surface area contributed by atoms with Gasteiger partial charge >= 0.3 is 5.97 Å². The van der Waals surface area contributed by atoms with Gasteiger partial charge in [-0.05, 0) is 30.2 Å². The minimum absolute atomic E-state index is 0.139. The maximum Gasteiger partial charge on any atom is 0.306 e. The monoisotopic (exact) mass is 323 g/mol. The van der Waals surface area contributed by atoms with Gasteiger partial charge in [0.1, 0.15) is 11.8 Å². The summed E-state index contributed by atoms with van der Waals surface area (Å²) in [4.78, 5) is 15.6. The summed E-state index contributed by atoms with van der Waals surface area (Å²) in [7, 11) is 1.40. The molecule has 0 unspecified atom stereocenters. The zero-order chi connectivity index (χ0) is 15.9. The lowest BCUT2D eigenvalue weighted by Crippen LogP contribution is -2.06. The molecule has 4 nitrogen and oxygen atoms in total. The van der Waals surface area contributed by atoms with Crippen molar-refractivity contribution in [3.63, 3.8) is 0 Å². The smallest absolute Gasteiger partial charge is 0.306 e. The van der Waals surface area contributed by atoms with E-state index in [0.717, 1.165) is 5.56 Å². The predicted octanol–water partition coefficient (Wildman–Crippen LogP) is 3.56. The molecule has 2 rings (SSSR count). The van der Waals surface area contributed by atoms with Crippen LogP contribution in [0.4, 0.5) is 4.39 Å². The van der Waals surface area contributed by atoms with E-state index in [4.69, 9.17) is 21.1 Å². The summed E-state index contributed by atoms with van der Waals surface area (Å²) in [5.41, 5.74) is 1.47. The zero-order valence-electron chi connectivity index (χ0n) is 12.0. The van der Waals surface area contributed by atoms with Gasteiger partial charge < -0.3 is 9.47 Å². The molecular formula is C16H15ClFNO3. The molecule has 116 valence electrons. The Kier molecular flexibility index (Phi) is 5.72. The fraction of sp³-hybridized carbons (Fsp3) is 0.250. The highest BCUT2D eigenvalue weighted by Gasteiger charge is 2.07. The topological polar surface area (TPSA) is 48.4 Å². The number of carbonyl (C=O) groups excluding carboxylic acids is 1. The van der Waals surface area contributed by atoms with Crippen LogP contribution in [0.3, 0.4) is 0 Å². The van der Waals surface area contributed by atoms with Gasteiger partial charge in [-0.25, -0.2) is 9.37 Å². The molecule has 0 aliphatic heterocycles. The number of nitrogens with zero attached hydrogens (tertiary/aromatic N) is 1. The first-order valence-electron chi connectivity index (χ1n) is 6.67. The molecule has 1 heterocycles. The molecule has 0 spiro atoms. The first kappa shape index (κ1) is 16.2. The van der Waals surface area contributed by atoms with Gasteiger partial charge in [0.15, 0.2) is 11.6 Å². The number of rotatable bonds is 6. The first-order chi connectivity index (χ1) is 10.6. The van der Waals surface area contributed by atoms with Crippen molar-refractivity contribution in [2.75, 3.05) is 7.11 Å². The van der Waals surface area contributed by atoms with Crippen LogP contribution in [-0.2, 0) is 22.6 Å². The predicted molar refractivity (Wildman–Crippen MR) is 80.3 cm³/mol. The number of halogens is 2. The van der Waals surface area contributed by atoms with Crippen molar-refractivity contribution in [1.29, 1.82) is 0 Å². The molecule has 0 fully saturated rings. The van der Waals surface area contributed by atoms with Crippen LogP contribution in [0.1, 0.15) is 17.5 Å². The summed E-state index contributed by atoms with van der Waals surface area (Å²) in [6, 6.07) is 7.98. The third-order valence-corrected chi connectivity index (χ3v) is 3.25. The average molecular weight is 324 g/mol. The lowest BCUT2D eigenvalue weighted by Gasteiger charge is -2.06. The van der Waals surface area contributed by atoms with Crippen molar-refractivity contribution in [1.82, 2.24) is 4.98 Å². The molecule has 0 saturated carbocycles. The van der Waals surface area contributed by atoms with Crippen LogP contribution in [0, 0.1) is 5.82 Å². The van der Waals surface area contributed by atoms with Crippen LogP contribution in [0.25, 0.3) is 0 Å². The van der Waals surface area contributed by atoms with Crippen LogP contribution in [-0.4, -0.2) is 18.1 Å². The van der Waals surface area contributed by atoms with E-state index in [2.05, 4.69) is 4.98 Å². The van der Waals surface area contributed by atoms with E-state index in [0.29, 0.717) is 17.1 Å². The Bertz CT molecular complexity index is 646. The molecular weight excluding hydrogens is 309 g/mol. The Labute approximate surface area is 132 Å². The lowest BCUT2D eigenvalue weighted by atomic mass is 10.1. The van der Waals surface area contributed by atoms with Crippen LogP contribution in [0.15, 0.2) is 36.5 Å². The second-order valence-corrected chi connectivity index (χ2v) is 5.01. The standard InChI is InChI=1S/C16H15ClFNO3/c1-21-14-5-2-11(8-13(14)18)4-7-16(20)22-10-12-3-6-15(17)19-9-12/h2-3,5-6,8-9H,4,7,10H2,1H3. The number of esters is 1. The number of ether oxygens (including phenoxy) is 2. The number of aryl methyl sites for hydroxylation is 1. The number of aromatic nitrogens is 1. The Hall–Kier alpha value is -2.14. The molecule has 0 atom stereocenters. The number of hydrogen-bond donors (Lipinski definition) is 0. The van der Waals surface area contributed by atoms with Gasteiger partial charge in [-0.15, -0.1) is 0 Å². The molecule has 0 aliphatic rings. The maximum absolute atomic E-state index is 13.5. The third kappa shape index (κ3) is 4.70. The molecule has 0 amide bonds. The van der Waals surface area contributed by atoms with E-state index in [1.807, 2.05) is 0 Å². The van der Waals surface area contributed by atoms with Crippen LogP contribution in [0.5, 0.6) is 5.75 Å². The highest BCUT2D eigenvalue weighted by molar-refractivity contribution is 6.29. The van der Waals surface area contributed by atoms with Gasteiger partial charge in [-0.2, -0.15) is 0 Å². The fourth-order valence-corrected chi connectivity index (χ4v) is 1.95. The van der Waals surface area contributed by atoms with E-state index in [-0.39, 0.29) is 24.7 Å².